The number of ether oxygens (including phenoxy) is 2. The summed E-state index contributed by atoms with van der Waals surface area (Å²) in [5.74, 6) is 0.518. The van der Waals surface area contributed by atoms with Crippen molar-refractivity contribution >= 4 is 29.2 Å². The highest BCUT2D eigenvalue weighted by molar-refractivity contribution is 7.09. The maximum absolute atomic E-state index is 14.0. The van der Waals surface area contributed by atoms with Crippen molar-refractivity contribution in [1.82, 2.24) is 30.4 Å². The van der Waals surface area contributed by atoms with E-state index >= 15 is 0 Å². The van der Waals surface area contributed by atoms with E-state index in [1.54, 1.807) is 37.5 Å². The van der Waals surface area contributed by atoms with Gasteiger partial charge in [-0.3, -0.25) is 4.79 Å². The number of carbonyl (C=O) groups excluding carboxylic acids is 2. The van der Waals surface area contributed by atoms with Gasteiger partial charge in [0.1, 0.15) is 16.5 Å². The normalized spacial score (nSPS) is 16.2. The number of likely N-dealkylation sites (tertiary alicyclic amines) is 1. The molecule has 12 nitrogen and oxygen atoms in total. The van der Waals surface area contributed by atoms with Crippen molar-refractivity contribution in [1.29, 1.82) is 0 Å². The second-order valence-corrected chi connectivity index (χ2v) is 13.5. The Morgan fingerprint density at radius 1 is 1.11 bits per heavy atom. The Hall–Kier alpha value is -4.36. The molecule has 0 saturated carbocycles. The molecule has 0 radical (unpaired) electrons. The Labute approximate surface area is 272 Å². The van der Waals surface area contributed by atoms with Crippen LogP contribution in [0.3, 0.4) is 0 Å². The molecule has 2 amide bonds. The van der Waals surface area contributed by atoms with Crippen LogP contribution < -0.4 is 10.6 Å². The predicted molar refractivity (Wildman–Crippen MR) is 175 cm³/mol. The van der Waals surface area contributed by atoms with Crippen LogP contribution in [0, 0.1) is 6.92 Å². The zero-order valence-corrected chi connectivity index (χ0v) is 27.9. The summed E-state index contributed by atoms with van der Waals surface area (Å²) in [6.07, 6.45) is 1.42. The third-order valence-corrected chi connectivity index (χ3v) is 8.46. The molecule has 0 aliphatic carbocycles. The van der Waals surface area contributed by atoms with Crippen LogP contribution in [0.15, 0.2) is 52.3 Å². The number of hydrogen-bond donors (Lipinski definition) is 2. The van der Waals surface area contributed by atoms with Crippen LogP contribution in [0.2, 0.25) is 0 Å². The maximum Gasteiger partial charge on any atom is 0.408 e. The summed E-state index contributed by atoms with van der Waals surface area (Å²) in [7, 11) is 1.62. The van der Waals surface area contributed by atoms with Crippen molar-refractivity contribution in [3.05, 3.63) is 75.6 Å². The molecule has 244 valence electrons. The van der Waals surface area contributed by atoms with Gasteiger partial charge in [-0.05, 0) is 65.2 Å². The molecule has 3 aromatic heterocycles. The van der Waals surface area contributed by atoms with Crippen LogP contribution in [-0.2, 0) is 21.5 Å². The van der Waals surface area contributed by atoms with Crippen LogP contribution in [0.25, 0.3) is 11.6 Å². The second kappa shape index (κ2) is 14.0. The fraction of sp³-hybridized carbons (Fsp3) is 0.455. The van der Waals surface area contributed by atoms with Gasteiger partial charge in [-0.25, -0.2) is 14.8 Å². The summed E-state index contributed by atoms with van der Waals surface area (Å²) in [5.41, 5.74) is 0.786. The topological polar surface area (TPSA) is 145 Å². The van der Waals surface area contributed by atoms with Crippen LogP contribution in [0.4, 0.5) is 10.6 Å². The molecule has 1 saturated heterocycles. The molecule has 1 aliphatic heterocycles. The van der Waals surface area contributed by atoms with Crippen LogP contribution in [0.1, 0.15) is 79.1 Å². The first-order valence-electron chi connectivity index (χ1n) is 15.3. The average molecular weight is 648 g/mol. The number of nitrogens with zero attached hydrogens (tertiary/aromatic N) is 5. The van der Waals surface area contributed by atoms with E-state index in [0.717, 1.165) is 29.1 Å². The zero-order valence-electron chi connectivity index (χ0n) is 27.1. The molecule has 1 aliphatic rings. The van der Waals surface area contributed by atoms with Gasteiger partial charge in [0.25, 0.3) is 17.7 Å². The molecular weight excluding hydrogens is 606 g/mol. The first kappa shape index (κ1) is 33.0. The summed E-state index contributed by atoms with van der Waals surface area (Å²) in [6.45, 7) is 10.9. The summed E-state index contributed by atoms with van der Waals surface area (Å²) < 4.78 is 17.4. The number of anilines is 1. The first-order valence-corrected chi connectivity index (χ1v) is 16.2. The van der Waals surface area contributed by atoms with Gasteiger partial charge in [-0.15, -0.1) is 21.5 Å². The molecular formula is C33H41N7O5S. The molecule has 4 heterocycles. The molecule has 4 aromatic rings. The standard InChI is InChI=1S/C33H41N7O5S/c1-21-20-46-28(35-21)25-13-10-15-40(25)29(41)23-17-24(36-26(18-23)34-14-16-43-6)27-38-39-30(44-27)33(5,19-22-11-8-7-9-12-22)45-31(42)37-32(2,3)4/h7-9,11-12,17-18,20,25H,10,13-16,19H2,1-6H3,(H,34,36)(H,37,42)/t25-,33-/m1/s1. The number of hydrogen-bond acceptors (Lipinski definition) is 11. The van der Waals surface area contributed by atoms with E-state index in [4.69, 9.17) is 13.9 Å². The summed E-state index contributed by atoms with van der Waals surface area (Å²) in [4.78, 5) is 38.2. The Bertz CT molecular complexity index is 1650. The molecule has 1 fully saturated rings. The number of rotatable bonds is 11. The van der Waals surface area contributed by atoms with Crippen LogP contribution in [0.5, 0.6) is 0 Å². The first-order chi connectivity index (χ1) is 21.9. The smallest absolute Gasteiger partial charge is 0.408 e. The number of alkyl carbamates (subject to hydrolysis) is 1. The number of carbonyl (C=O) groups is 2. The van der Waals surface area contributed by atoms with Crippen LogP contribution in [-0.4, -0.2) is 69.4 Å². The van der Waals surface area contributed by atoms with Crippen molar-refractivity contribution in [3.8, 4) is 11.6 Å². The lowest BCUT2D eigenvalue weighted by Crippen LogP contribution is -2.45. The predicted octanol–water partition coefficient (Wildman–Crippen LogP) is 5.91. The number of amides is 2. The molecule has 0 bridgehead atoms. The molecule has 2 atom stereocenters. The van der Waals surface area contributed by atoms with Gasteiger partial charge in [-0.1, -0.05) is 30.3 Å². The van der Waals surface area contributed by atoms with Crippen molar-refractivity contribution < 1.29 is 23.5 Å². The lowest BCUT2D eigenvalue weighted by atomic mass is 9.96. The molecule has 0 unspecified atom stereocenters. The Morgan fingerprint density at radius 2 is 1.89 bits per heavy atom. The summed E-state index contributed by atoms with van der Waals surface area (Å²) >= 11 is 1.58. The Balaban J connectivity index is 1.48. The number of aryl methyl sites for hydroxylation is 1. The quantitative estimate of drug-likeness (QED) is 0.188. The molecule has 13 heteroatoms. The van der Waals surface area contributed by atoms with Crippen molar-refractivity contribution in [2.24, 2.45) is 0 Å². The Kier molecular flexibility index (Phi) is 10.0. The van der Waals surface area contributed by atoms with Gasteiger partial charge < -0.3 is 29.4 Å². The van der Waals surface area contributed by atoms with E-state index < -0.39 is 17.2 Å². The SMILES string of the molecule is COCCNc1cc(C(=O)N2CCC[C@@H]2c2nc(C)cs2)cc(-c2nnc([C@@](C)(Cc3ccccc3)OC(=O)NC(C)(C)C)o2)n1. The van der Waals surface area contributed by atoms with Gasteiger partial charge >= 0.3 is 6.09 Å². The van der Waals surface area contributed by atoms with Gasteiger partial charge in [-0.2, -0.15) is 0 Å². The van der Waals surface area contributed by atoms with Crippen molar-refractivity contribution in [3.63, 3.8) is 0 Å². The monoisotopic (exact) mass is 647 g/mol. The largest absolute Gasteiger partial charge is 0.433 e. The second-order valence-electron chi connectivity index (χ2n) is 12.6. The highest BCUT2D eigenvalue weighted by Crippen LogP contribution is 2.36. The fourth-order valence-corrected chi connectivity index (χ4v) is 6.25. The highest BCUT2D eigenvalue weighted by atomic mass is 32.1. The van der Waals surface area contributed by atoms with Gasteiger partial charge in [0.15, 0.2) is 5.60 Å². The summed E-state index contributed by atoms with van der Waals surface area (Å²) in [6, 6.07) is 12.9. The minimum absolute atomic E-state index is 0.0854. The van der Waals surface area contributed by atoms with E-state index in [-0.39, 0.29) is 30.2 Å². The number of methoxy groups -OCH3 is 1. The zero-order chi connectivity index (χ0) is 32.9. The van der Waals surface area contributed by atoms with E-state index in [0.29, 0.717) is 36.8 Å². The third-order valence-electron chi connectivity index (χ3n) is 7.40. The molecule has 46 heavy (non-hydrogen) atoms. The molecule has 0 spiro atoms. The Morgan fingerprint density at radius 3 is 2.59 bits per heavy atom. The number of benzene rings is 1. The number of pyridine rings is 1. The van der Waals surface area contributed by atoms with Gasteiger partial charge in [0.05, 0.1) is 12.6 Å². The number of nitrogens with one attached hydrogen (secondary N) is 2. The van der Waals surface area contributed by atoms with Gasteiger partial charge in [0, 0.05) is 48.8 Å². The van der Waals surface area contributed by atoms with E-state index in [1.807, 2.05) is 68.3 Å². The van der Waals surface area contributed by atoms with Crippen molar-refractivity contribution in [2.45, 2.75) is 71.1 Å². The number of thiazole rings is 1. The third kappa shape index (κ3) is 8.07. The van der Waals surface area contributed by atoms with Gasteiger partial charge in [0.2, 0.25) is 0 Å². The number of aromatic nitrogens is 4. The highest BCUT2D eigenvalue weighted by Gasteiger charge is 2.39. The lowest BCUT2D eigenvalue weighted by molar-refractivity contribution is -0.00123. The molecule has 1 aromatic carbocycles. The van der Waals surface area contributed by atoms with E-state index in [1.165, 1.54) is 0 Å². The average Bonchev–Trinajstić information content (AvgIpc) is 3.77. The molecule has 5 rings (SSSR count). The van der Waals surface area contributed by atoms with Crippen molar-refractivity contribution in [2.75, 3.05) is 32.1 Å². The van der Waals surface area contributed by atoms with E-state index in [9.17, 15) is 9.59 Å². The summed E-state index contributed by atoms with van der Waals surface area (Å²) in [5, 5.41) is 17.6. The van der Waals surface area contributed by atoms with Crippen LogP contribution >= 0.6 is 11.3 Å². The fourth-order valence-electron chi connectivity index (χ4n) is 5.31. The van der Waals surface area contributed by atoms with E-state index in [2.05, 4.69) is 30.8 Å². The molecule has 2 N–H and O–H groups in total. The lowest BCUT2D eigenvalue weighted by Gasteiger charge is -2.29. The minimum Gasteiger partial charge on any atom is -0.433 e. The maximum atomic E-state index is 14.0. The minimum atomic E-state index is -1.30.